The number of aliphatic hydroxyl groups is 1. The average Bonchev–Trinajstić information content (AvgIpc) is 3.03. The van der Waals surface area contributed by atoms with Crippen LogP contribution in [0.4, 0.5) is 0 Å². The molecule has 0 unspecified atom stereocenters. The van der Waals surface area contributed by atoms with Gasteiger partial charge in [-0.2, -0.15) is 0 Å². The number of hydrogen-bond donors (Lipinski definition) is 2. The Morgan fingerprint density at radius 1 is 1.07 bits per heavy atom. The smallest absolute Gasteiger partial charge is 0.423 e. The number of aryl methyl sites for hydroxylation is 2. The number of pyridine rings is 1. The van der Waals surface area contributed by atoms with E-state index in [1.54, 1.807) is 71.1 Å². The van der Waals surface area contributed by atoms with E-state index in [-0.39, 0.29) is 10.4 Å². The van der Waals surface area contributed by atoms with Crippen molar-refractivity contribution < 1.29 is 23.2 Å². The lowest BCUT2D eigenvalue weighted by Crippen LogP contribution is -2.53. The highest BCUT2D eigenvalue weighted by Gasteiger charge is 2.41. The Kier molecular flexibility index (Phi) is 5.62. The summed E-state index contributed by atoms with van der Waals surface area (Å²) >= 11 is 0. The zero-order valence-corrected chi connectivity index (χ0v) is 18.9. The number of hydrogen-bond acceptors (Lipinski definition) is 6. The zero-order chi connectivity index (χ0) is 22.5. The highest BCUT2D eigenvalue weighted by atomic mass is 32.2. The molecule has 0 aliphatic heterocycles. The van der Waals surface area contributed by atoms with Gasteiger partial charge in [-0.15, -0.1) is 0 Å². The molecule has 0 saturated heterocycles. The summed E-state index contributed by atoms with van der Waals surface area (Å²) in [5.41, 5.74) is 0.186. The van der Waals surface area contributed by atoms with Gasteiger partial charge in [-0.1, -0.05) is 17.7 Å². The monoisotopic (exact) mass is 430 g/mol. The maximum Gasteiger partial charge on any atom is 0.495 e. The Morgan fingerprint density at radius 2 is 1.67 bits per heavy atom. The minimum atomic E-state index is -3.93. The van der Waals surface area contributed by atoms with Crippen molar-refractivity contribution in [2.24, 2.45) is 0 Å². The molecule has 2 aromatic heterocycles. The Bertz CT molecular complexity index is 1180. The van der Waals surface area contributed by atoms with Gasteiger partial charge in [0.15, 0.2) is 0 Å². The highest BCUT2D eigenvalue weighted by Crippen LogP contribution is 2.27. The van der Waals surface area contributed by atoms with E-state index in [2.05, 4.69) is 4.98 Å². The number of rotatable bonds is 6. The molecule has 160 valence electrons. The second-order valence-corrected chi connectivity index (χ2v) is 10.4. The first-order valence-electron chi connectivity index (χ1n) is 9.63. The van der Waals surface area contributed by atoms with E-state index in [0.29, 0.717) is 16.6 Å². The van der Waals surface area contributed by atoms with Crippen LogP contribution in [-0.2, 0) is 14.7 Å². The van der Waals surface area contributed by atoms with Gasteiger partial charge in [0.1, 0.15) is 0 Å². The minimum Gasteiger partial charge on any atom is -0.423 e. The summed E-state index contributed by atoms with van der Waals surface area (Å²) in [6, 6.07) is 8.27. The molecule has 3 aromatic rings. The summed E-state index contributed by atoms with van der Waals surface area (Å²) in [6.07, 6.45) is 2.89. The van der Waals surface area contributed by atoms with Crippen molar-refractivity contribution in [2.45, 2.75) is 57.6 Å². The molecule has 0 amide bonds. The van der Waals surface area contributed by atoms with E-state index in [9.17, 15) is 18.5 Å². The second kappa shape index (κ2) is 7.49. The van der Waals surface area contributed by atoms with Crippen molar-refractivity contribution in [1.82, 2.24) is 8.96 Å². The summed E-state index contributed by atoms with van der Waals surface area (Å²) in [5, 5.41) is 21.2. The highest BCUT2D eigenvalue weighted by molar-refractivity contribution is 7.90. The molecule has 0 fully saturated rings. The molecule has 0 bridgehead atoms. The SMILES string of the molecule is Cc1ccc(S(=O)(=O)n2cc(B(O)OC(C)(C)C(C)(C)O)c3nccc(C)c32)cc1. The van der Waals surface area contributed by atoms with Crippen LogP contribution in [0.2, 0.25) is 0 Å². The van der Waals surface area contributed by atoms with Gasteiger partial charge in [-0.3, -0.25) is 4.98 Å². The van der Waals surface area contributed by atoms with Gasteiger partial charge in [0.05, 0.1) is 27.1 Å². The van der Waals surface area contributed by atoms with E-state index in [1.165, 1.54) is 6.20 Å². The average molecular weight is 430 g/mol. The van der Waals surface area contributed by atoms with Gasteiger partial charge in [-0.25, -0.2) is 12.4 Å². The first-order valence-corrected chi connectivity index (χ1v) is 11.1. The van der Waals surface area contributed by atoms with Crippen molar-refractivity contribution >= 4 is 33.6 Å². The maximum atomic E-state index is 13.4. The fourth-order valence-electron chi connectivity index (χ4n) is 2.97. The summed E-state index contributed by atoms with van der Waals surface area (Å²) in [5.74, 6) is 0. The summed E-state index contributed by atoms with van der Waals surface area (Å²) in [4.78, 5) is 4.44. The molecule has 0 aliphatic rings. The predicted molar refractivity (Wildman–Crippen MR) is 117 cm³/mol. The third-order valence-electron chi connectivity index (χ3n) is 5.60. The van der Waals surface area contributed by atoms with Crippen LogP contribution in [-0.4, -0.2) is 45.8 Å². The molecule has 3 rings (SSSR count). The molecule has 0 saturated carbocycles. The molecular weight excluding hydrogens is 403 g/mol. The Hall–Kier alpha value is -2.20. The predicted octanol–water partition coefficient (Wildman–Crippen LogP) is 2.14. The first kappa shape index (κ1) is 22.5. The lowest BCUT2D eigenvalue weighted by Gasteiger charge is -2.38. The molecule has 1 aromatic carbocycles. The zero-order valence-electron chi connectivity index (χ0n) is 18.0. The number of nitrogens with zero attached hydrogens (tertiary/aromatic N) is 2. The quantitative estimate of drug-likeness (QED) is 0.581. The van der Waals surface area contributed by atoms with Crippen LogP contribution in [0, 0.1) is 13.8 Å². The van der Waals surface area contributed by atoms with Crippen LogP contribution in [0.5, 0.6) is 0 Å². The molecule has 2 N–H and O–H groups in total. The van der Waals surface area contributed by atoms with E-state index in [4.69, 9.17) is 4.65 Å². The van der Waals surface area contributed by atoms with Crippen molar-refractivity contribution in [3.63, 3.8) is 0 Å². The van der Waals surface area contributed by atoms with Crippen LogP contribution in [0.1, 0.15) is 38.8 Å². The number of fused-ring (bicyclic) bond motifs is 1. The van der Waals surface area contributed by atoms with Gasteiger partial charge in [-0.05, 0) is 65.3 Å². The number of aromatic nitrogens is 2. The van der Waals surface area contributed by atoms with Crippen LogP contribution in [0.25, 0.3) is 11.0 Å². The largest absolute Gasteiger partial charge is 0.495 e. The fraction of sp³-hybridized carbons (Fsp3) is 0.381. The lowest BCUT2D eigenvalue weighted by molar-refractivity contribution is -0.0982. The van der Waals surface area contributed by atoms with E-state index in [1.807, 2.05) is 6.92 Å². The summed E-state index contributed by atoms with van der Waals surface area (Å²) in [6.45, 7) is 10.1. The normalized spacial score (nSPS) is 13.1. The third-order valence-corrected chi connectivity index (χ3v) is 7.27. The Morgan fingerprint density at radius 3 is 2.23 bits per heavy atom. The number of benzene rings is 1. The van der Waals surface area contributed by atoms with Gasteiger partial charge in [0.2, 0.25) is 0 Å². The van der Waals surface area contributed by atoms with E-state index < -0.39 is 28.3 Å². The van der Waals surface area contributed by atoms with Crippen molar-refractivity contribution in [1.29, 1.82) is 0 Å². The van der Waals surface area contributed by atoms with Crippen LogP contribution < -0.4 is 5.46 Å². The molecule has 0 atom stereocenters. The van der Waals surface area contributed by atoms with Gasteiger partial charge in [0, 0.05) is 17.9 Å². The molecule has 0 spiro atoms. The molecule has 0 aliphatic carbocycles. The fourth-order valence-corrected chi connectivity index (χ4v) is 4.40. The van der Waals surface area contributed by atoms with Gasteiger partial charge < -0.3 is 14.8 Å². The molecule has 0 radical (unpaired) electrons. The molecule has 30 heavy (non-hydrogen) atoms. The molecule has 9 heteroatoms. The van der Waals surface area contributed by atoms with Crippen LogP contribution in [0.3, 0.4) is 0 Å². The summed E-state index contributed by atoms with van der Waals surface area (Å²) < 4.78 is 33.6. The Balaban J connectivity index is 2.18. The van der Waals surface area contributed by atoms with Gasteiger partial charge >= 0.3 is 7.12 Å². The van der Waals surface area contributed by atoms with Gasteiger partial charge in [0.25, 0.3) is 10.0 Å². The molecule has 2 heterocycles. The third kappa shape index (κ3) is 3.90. The van der Waals surface area contributed by atoms with E-state index >= 15 is 0 Å². The minimum absolute atomic E-state index is 0.132. The van der Waals surface area contributed by atoms with Crippen LogP contribution in [0.15, 0.2) is 47.6 Å². The Labute approximate surface area is 177 Å². The standard InChI is InChI=1S/C21H27BN2O5S/c1-14-7-9-16(10-8-14)30(27,28)24-13-17(18-19(24)15(2)11-12-23-18)22(26)29-21(5,6)20(3,4)25/h7-13,25-26H,1-6H3. The topological polar surface area (TPSA) is 102 Å². The second-order valence-electron chi connectivity index (χ2n) is 8.56. The van der Waals surface area contributed by atoms with E-state index in [0.717, 1.165) is 9.54 Å². The summed E-state index contributed by atoms with van der Waals surface area (Å²) in [7, 11) is -5.42. The van der Waals surface area contributed by atoms with Crippen molar-refractivity contribution in [2.75, 3.05) is 0 Å². The van der Waals surface area contributed by atoms with Crippen molar-refractivity contribution in [3.8, 4) is 0 Å². The molecule has 7 nitrogen and oxygen atoms in total. The first-order chi connectivity index (χ1) is 13.8. The van der Waals surface area contributed by atoms with Crippen molar-refractivity contribution in [3.05, 3.63) is 53.9 Å². The maximum absolute atomic E-state index is 13.4. The lowest BCUT2D eigenvalue weighted by atomic mass is 9.77. The molecular formula is C21H27BN2O5S. The van der Waals surface area contributed by atoms with Crippen LogP contribution >= 0.6 is 0 Å².